The molecule has 12 heterocycles. The van der Waals surface area contributed by atoms with Crippen LogP contribution in [0.15, 0.2) is 245 Å². The van der Waals surface area contributed by atoms with Gasteiger partial charge in [-0.1, -0.05) is 48.5 Å². The number of para-hydroxylation sites is 1. The van der Waals surface area contributed by atoms with E-state index in [2.05, 4.69) is 97.2 Å². The molecule has 0 aliphatic carbocycles. The number of aromatic nitrogens is 14. The number of fused-ring (bicyclic) bond motifs is 13. The van der Waals surface area contributed by atoms with Gasteiger partial charge in [-0.25, -0.2) is 9.97 Å². The number of hydrogen-bond donors (Lipinski definition) is 2. The second-order valence-corrected chi connectivity index (χ2v) is 25.8. The van der Waals surface area contributed by atoms with Crippen molar-refractivity contribution < 1.29 is 4.68 Å². The Morgan fingerprint density at radius 1 is 0.382 bits per heavy atom. The van der Waals surface area contributed by atoms with Gasteiger partial charge in [0.1, 0.15) is 0 Å². The molecule has 504 valence electrons. The van der Waals surface area contributed by atoms with Crippen molar-refractivity contribution in [2.24, 2.45) is 21.1 Å². The number of aromatic amines is 1. The van der Waals surface area contributed by atoms with Gasteiger partial charge < -0.3 is 33.8 Å². The molecular formula is C81H72N17O4+. The van der Waals surface area contributed by atoms with Crippen molar-refractivity contribution in [3.63, 3.8) is 0 Å². The number of pyridine rings is 10. The van der Waals surface area contributed by atoms with E-state index in [1.165, 1.54) is 0 Å². The first kappa shape index (κ1) is 66.4. The number of hydrogen-bond acceptors (Lipinski definition) is 15. The van der Waals surface area contributed by atoms with Gasteiger partial charge in [0, 0.05) is 185 Å². The monoisotopic (exact) mass is 1350 g/mol. The van der Waals surface area contributed by atoms with Crippen LogP contribution in [0.25, 0.3) is 143 Å². The summed E-state index contributed by atoms with van der Waals surface area (Å²) in [6.45, 7) is 4.77. The third-order valence-corrected chi connectivity index (χ3v) is 18.3. The number of aryl methyl sites for hydroxylation is 4. The van der Waals surface area contributed by atoms with Crippen LogP contribution in [0.4, 0.5) is 5.95 Å². The Balaban J connectivity index is 0.000000116. The summed E-state index contributed by atoms with van der Waals surface area (Å²) in [5.74, 6) is 0.240. The van der Waals surface area contributed by atoms with Crippen molar-refractivity contribution in [1.82, 2.24) is 73.0 Å². The molecule has 0 aliphatic heterocycles. The third kappa shape index (κ3) is 13.6. The molecule has 21 heteroatoms. The van der Waals surface area contributed by atoms with E-state index in [1.807, 2.05) is 203 Å². The van der Waals surface area contributed by atoms with Crippen LogP contribution in [-0.4, -0.2) is 114 Å². The zero-order chi connectivity index (χ0) is 70.9. The van der Waals surface area contributed by atoms with Crippen LogP contribution in [-0.2, 0) is 34.2 Å². The Morgan fingerprint density at radius 2 is 0.775 bits per heavy atom. The minimum absolute atomic E-state index is 0.00891. The second-order valence-electron chi connectivity index (χ2n) is 25.8. The van der Waals surface area contributed by atoms with E-state index in [-0.39, 0.29) is 28.2 Å². The maximum absolute atomic E-state index is 12.7. The highest BCUT2D eigenvalue weighted by atomic mass is 16.1. The summed E-state index contributed by atoms with van der Waals surface area (Å²) >= 11 is 0. The van der Waals surface area contributed by atoms with Gasteiger partial charge in [0.25, 0.3) is 22.2 Å². The molecule has 0 bridgehead atoms. The number of benzene rings is 5. The number of likely N-dealkylation sites (N-methyl/N-ethyl adjacent to an activating group) is 2. The van der Waals surface area contributed by atoms with Crippen LogP contribution in [0.5, 0.6) is 0 Å². The highest BCUT2D eigenvalue weighted by molar-refractivity contribution is 6.08. The highest BCUT2D eigenvalue weighted by Crippen LogP contribution is 2.33. The van der Waals surface area contributed by atoms with E-state index < -0.39 is 0 Å². The predicted molar refractivity (Wildman–Crippen MR) is 408 cm³/mol. The van der Waals surface area contributed by atoms with E-state index in [1.54, 1.807) is 59.9 Å². The van der Waals surface area contributed by atoms with Crippen LogP contribution in [0.2, 0.25) is 0 Å². The van der Waals surface area contributed by atoms with Gasteiger partial charge in [-0.15, -0.1) is 4.68 Å². The first-order valence-corrected chi connectivity index (χ1v) is 33.2. The zero-order valence-corrected chi connectivity index (χ0v) is 57.6. The predicted octanol–water partition coefficient (Wildman–Crippen LogP) is 11.8. The molecule has 0 unspecified atom stereocenters. The fraction of sp³-hybridized carbons (Fsp3) is 0.148. The smallest absolute Gasteiger partial charge is 0.251 e. The van der Waals surface area contributed by atoms with Gasteiger partial charge in [0.2, 0.25) is 12.1 Å². The fourth-order valence-corrected chi connectivity index (χ4v) is 12.8. The molecular weight excluding hydrogens is 1280 g/mol. The normalized spacial score (nSPS) is 11.5. The van der Waals surface area contributed by atoms with Gasteiger partial charge in [0.15, 0.2) is 7.05 Å². The standard InChI is InChI=1S/C25H22N4O.C20H20N6O.C19H15N3O.C17H14N4O/c1-28(2)11-12-29-24(30)10-8-19-15-27-23-9-7-17(14-21(23)25(19)29)20-13-18-5-3-4-6-22(18)26-16-20;1-25(2)7-8-26-18(27)6-4-14-10-22-17-5-3-13(9-16(17)19(14)26)15-11-23-20(21)24-12-15;1-12-3-4-14(10-20-12)13-5-7-17-16(9-13)19-15(11-21-17)6-8-18(23)22(19)2;1-20-10-13(9-19-20)11-3-5-15-14(7-11)17-12(8-18-15)4-6-16(22)21(17)2/h3-10,13-16H,11-12H2,1-2H3;3-6,9-12H,7-8H2,1-2H3,(H2,21,23,24);3-11H,1-2H3;3-10H,1-2H3/p+1. The molecule has 0 fully saturated rings. The second kappa shape index (κ2) is 28.2. The Hall–Kier alpha value is -12.9. The van der Waals surface area contributed by atoms with E-state index in [0.717, 1.165) is 161 Å². The number of rotatable bonds is 10. The SMILES string of the molecule is CN(C)CCn1c(=O)ccc2cnc3ccc(-c4cnc(N)nc4)cc3c21.CN(C)CCn1c(=O)ccc2cnc3ccc(-c4cnc5ccccc5c4)cc3c21.Cc1ccc(-c2ccc3ncc4ccc(=O)n(C)c4c3c2)cn1.Cn1c(=O)ccc2cnc3ccc(-c4c[nH][n+](C)c4)cc3c21. The summed E-state index contributed by atoms with van der Waals surface area (Å²) < 4.78 is 8.94. The molecule has 0 amide bonds. The van der Waals surface area contributed by atoms with Crippen LogP contribution in [0, 0.1) is 6.92 Å². The van der Waals surface area contributed by atoms with E-state index >= 15 is 0 Å². The van der Waals surface area contributed by atoms with Crippen LogP contribution < -0.4 is 32.7 Å². The van der Waals surface area contributed by atoms with Gasteiger partial charge in [0.05, 0.1) is 61.4 Å². The van der Waals surface area contributed by atoms with E-state index in [0.29, 0.717) is 13.1 Å². The van der Waals surface area contributed by atoms with Crippen molar-refractivity contribution in [1.29, 1.82) is 0 Å². The lowest BCUT2D eigenvalue weighted by Gasteiger charge is -2.15. The molecule has 0 atom stereocenters. The Morgan fingerprint density at radius 3 is 1.23 bits per heavy atom. The van der Waals surface area contributed by atoms with Gasteiger partial charge in [-0.3, -0.25) is 49.1 Å². The quantitative estimate of drug-likeness (QED) is 0.0955. The lowest BCUT2D eigenvalue weighted by Crippen LogP contribution is -2.27. The van der Waals surface area contributed by atoms with Crippen molar-refractivity contribution in [2.45, 2.75) is 20.0 Å². The molecule has 0 saturated heterocycles. The first-order valence-electron chi connectivity index (χ1n) is 33.2. The fourth-order valence-electron chi connectivity index (χ4n) is 12.8. The minimum atomic E-state index is -0.0209. The van der Waals surface area contributed by atoms with Crippen LogP contribution in [0.3, 0.4) is 0 Å². The Kier molecular flexibility index (Phi) is 18.3. The van der Waals surface area contributed by atoms with Crippen molar-refractivity contribution in [3.8, 4) is 44.5 Å². The van der Waals surface area contributed by atoms with Crippen molar-refractivity contribution >= 4 is 104 Å². The average Bonchev–Trinajstić information content (AvgIpc) is 1.67. The summed E-state index contributed by atoms with van der Waals surface area (Å²) in [7, 11) is 13.6. The van der Waals surface area contributed by atoms with E-state index in [9.17, 15) is 19.2 Å². The molecule has 0 spiro atoms. The van der Waals surface area contributed by atoms with Gasteiger partial charge >= 0.3 is 0 Å². The van der Waals surface area contributed by atoms with Crippen LogP contribution >= 0.6 is 0 Å². The zero-order valence-electron chi connectivity index (χ0n) is 57.6. The van der Waals surface area contributed by atoms with Gasteiger partial charge in [-0.2, -0.15) is 5.10 Å². The summed E-state index contributed by atoms with van der Waals surface area (Å²) in [6.07, 6.45) is 18.4. The van der Waals surface area contributed by atoms with Crippen molar-refractivity contribution in [2.75, 3.05) is 47.0 Å². The largest absolute Gasteiger partial charge is 0.368 e. The summed E-state index contributed by atoms with van der Waals surface area (Å²) in [5, 5.41) is 11.9. The lowest BCUT2D eigenvalue weighted by molar-refractivity contribution is -0.726. The molecule has 12 aromatic heterocycles. The highest BCUT2D eigenvalue weighted by Gasteiger charge is 2.16. The molecule has 0 saturated carbocycles. The summed E-state index contributed by atoms with van der Waals surface area (Å²) in [4.78, 5) is 88.6. The maximum Gasteiger partial charge on any atom is 0.251 e. The Bertz CT molecular complexity index is 6340. The number of anilines is 1. The Labute approximate surface area is 584 Å². The number of nitrogens with one attached hydrogen (secondary N) is 1. The van der Waals surface area contributed by atoms with Gasteiger partial charge in [-0.05, 0) is 148 Å². The maximum atomic E-state index is 12.7. The number of H-pyrrole nitrogens is 1. The minimum Gasteiger partial charge on any atom is -0.368 e. The summed E-state index contributed by atoms with van der Waals surface area (Å²) in [5.41, 5.74) is 22.9. The molecule has 3 N–H and O–H groups in total. The molecule has 0 radical (unpaired) electrons. The number of nitrogen functional groups attached to an aromatic ring is 1. The molecule has 17 aromatic rings. The van der Waals surface area contributed by atoms with Crippen molar-refractivity contribution in [3.05, 3.63) is 273 Å². The first-order chi connectivity index (χ1) is 49.4. The van der Waals surface area contributed by atoms with Crippen LogP contribution in [0.1, 0.15) is 5.69 Å². The number of nitrogens with zero attached hydrogens (tertiary/aromatic N) is 15. The number of nitrogens with two attached hydrogens (primary N) is 1. The molecule has 5 aromatic carbocycles. The topological polar surface area (TPSA) is 243 Å². The average molecular weight is 1350 g/mol. The van der Waals surface area contributed by atoms with E-state index in [4.69, 9.17) is 5.73 Å². The summed E-state index contributed by atoms with van der Waals surface area (Å²) in [6, 6.07) is 52.4. The molecule has 17 rings (SSSR count). The third-order valence-electron chi connectivity index (χ3n) is 18.3. The molecule has 0 aliphatic rings. The molecule has 21 nitrogen and oxygen atoms in total. The molecule has 102 heavy (non-hydrogen) atoms. The lowest BCUT2D eigenvalue weighted by atomic mass is 10.0.